The third kappa shape index (κ3) is 11.8. The number of likely N-dealkylation sites (tertiary alicyclic amines) is 1. The van der Waals surface area contributed by atoms with Crippen LogP contribution in [0.3, 0.4) is 0 Å². The number of aliphatic imine (C=N–C) groups is 1. The van der Waals surface area contributed by atoms with Crippen LogP contribution in [0.1, 0.15) is 65.7 Å². The molecule has 46 heavy (non-hydrogen) atoms. The fourth-order valence-corrected chi connectivity index (χ4v) is 6.67. The number of hydrogen-bond acceptors (Lipinski definition) is 11. The third-order valence-electron chi connectivity index (χ3n) is 7.63. The molecule has 1 amide bonds. The highest BCUT2D eigenvalue weighted by Gasteiger charge is 2.26. The minimum Gasteiger partial charge on any atom is -0.497 e. The van der Waals surface area contributed by atoms with Gasteiger partial charge in [0.2, 0.25) is 12.3 Å². The van der Waals surface area contributed by atoms with Crippen LogP contribution in [-0.2, 0) is 16.1 Å². The maximum Gasteiger partial charge on any atom is 0.226 e. The Kier molecular flexibility index (Phi) is 15.6. The highest BCUT2D eigenvalue weighted by molar-refractivity contribution is 8.02. The number of ether oxygens (including phenoxy) is 2. The number of carbonyl (C=O) groups excluding carboxylic acids is 1. The van der Waals surface area contributed by atoms with Crippen molar-refractivity contribution in [2.24, 2.45) is 16.1 Å². The molecule has 3 aromatic rings. The summed E-state index contributed by atoms with van der Waals surface area (Å²) in [6.07, 6.45) is 7.36. The van der Waals surface area contributed by atoms with Gasteiger partial charge in [-0.15, -0.1) is 23.1 Å². The topological polar surface area (TPSA) is 122 Å². The molecule has 0 spiro atoms. The summed E-state index contributed by atoms with van der Waals surface area (Å²) in [6.45, 7) is 13.0. The molecule has 1 fully saturated rings. The Bertz CT molecular complexity index is 1430. The zero-order valence-corrected chi connectivity index (χ0v) is 29.1. The normalized spacial score (nSPS) is 15.5. The molecule has 1 saturated heterocycles. The summed E-state index contributed by atoms with van der Waals surface area (Å²) in [4.78, 5) is 26.9. The predicted octanol–water partition coefficient (Wildman–Crippen LogP) is 7.69. The highest BCUT2D eigenvalue weighted by atomic mass is 32.2. The lowest BCUT2D eigenvalue weighted by Gasteiger charge is -2.25. The van der Waals surface area contributed by atoms with Crippen molar-refractivity contribution >= 4 is 53.6 Å². The summed E-state index contributed by atoms with van der Waals surface area (Å²) in [5.74, 6) is 3.07. The number of nitrogens with one attached hydrogen (secondary N) is 1. The second kappa shape index (κ2) is 19.6. The van der Waals surface area contributed by atoms with E-state index in [2.05, 4.69) is 39.1 Å². The van der Waals surface area contributed by atoms with Crippen LogP contribution in [0, 0.1) is 26.7 Å². The Morgan fingerprint density at radius 2 is 2.04 bits per heavy atom. The maximum absolute atomic E-state index is 11.1. The van der Waals surface area contributed by atoms with Crippen LogP contribution >= 0.6 is 23.1 Å². The largest absolute Gasteiger partial charge is 0.497 e. The number of amides is 1. The van der Waals surface area contributed by atoms with E-state index in [0.717, 1.165) is 88.5 Å². The molecule has 12 heteroatoms. The molecule has 0 bridgehead atoms. The van der Waals surface area contributed by atoms with Gasteiger partial charge in [0, 0.05) is 25.2 Å². The van der Waals surface area contributed by atoms with Crippen LogP contribution in [-0.4, -0.2) is 64.7 Å². The van der Waals surface area contributed by atoms with Crippen molar-refractivity contribution < 1.29 is 19.5 Å². The van der Waals surface area contributed by atoms with Crippen LogP contribution in [0.15, 0.2) is 58.2 Å². The molecule has 1 aromatic carbocycles. The number of nitrogens with zero attached hydrogens (tertiary/aromatic N) is 5. The van der Waals surface area contributed by atoms with Gasteiger partial charge < -0.3 is 24.9 Å². The number of carbonyl (C=O) groups is 1. The Hall–Kier alpha value is -3.90. The zero-order valence-electron chi connectivity index (χ0n) is 27.4. The third-order valence-corrected chi connectivity index (χ3v) is 9.43. The van der Waals surface area contributed by atoms with E-state index in [1.807, 2.05) is 73.7 Å². The summed E-state index contributed by atoms with van der Waals surface area (Å²) in [5, 5.41) is 18.9. The average Bonchev–Trinajstić information content (AvgIpc) is 3.67. The molecule has 1 aliphatic rings. The van der Waals surface area contributed by atoms with Crippen molar-refractivity contribution in [3.63, 3.8) is 0 Å². The van der Waals surface area contributed by atoms with E-state index in [-0.39, 0.29) is 0 Å². The molecule has 0 aliphatic carbocycles. The lowest BCUT2D eigenvalue weighted by atomic mass is 9.93. The van der Waals surface area contributed by atoms with Gasteiger partial charge in [-0.05, 0) is 87.4 Å². The van der Waals surface area contributed by atoms with E-state index in [1.165, 1.54) is 0 Å². The van der Waals surface area contributed by atoms with Gasteiger partial charge in [0.25, 0.3) is 0 Å². The molecule has 248 valence electrons. The molecule has 3 heterocycles. The van der Waals surface area contributed by atoms with E-state index in [9.17, 15) is 10.0 Å². The maximum atomic E-state index is 11.1. The first-order valence-electron chi connectivity index (χ1n) is 15.4. The van der Waals surface area contributed by atoms with Gasteiger partial charge in [-0.2, -0.15) is 0 Å². The fraction of sp³-hybridized carbons (Fsp3) is 0.441. The van der Waals surface area contributed by atoms with Crippen molar-refractivity contribution in [2.75, 3.05) is 24.8 Å². The smallest absolute Gasteiger partial charge is 0.226 e. The van der Waals surface area contributed by atoms with Crippen molar-refractivity contribution in [1.29, 1.82) is 0 Å². The van der Waals surface area contributed by atoms with Crippen molar-refractivity contribution in [1.82, 2.24) is 14.9 Å². The van der Waals surface area contributed by atoms with E-state index in [1.54, 1.807) is 30.2 Å². The summed E-state index contributed by atoms with van der Waals surface area (Å²) in [7, 11) is 1.63. The van der Waals surface area contributed by atoms with Gasteiger partial charge in [-0.1, -0.05) is 36.7 Å². The molecule has 4 rings (SSSR count). The van der Waals surface area contributed by atoms with E-state index in [4.69, 9.17) is 9.47 Å². The molecule has 2 N–H and O–H groups in total. The van der Waals surface area contributed by atoms with Gasteiger partial charge in [0.15, 0.2) is 0 Å². The number of hydrogen-bond donors (Lipinski definition) is 2. The number of rotatable bonds is 15. The first kappa shape index (κ1) is 36.6. The van der Waals surface area contributed by atoms with Crippen LogP contribution in [0.25, 0.3) is 5.70 Å². The van der Waals surface area contributed by atoms with Gasteiger partial charge in [0.1, 0.15) is 18.2 Å². The summed E-state index contributed by atoms with van der Waals surface area (Å²) < 4.78 is 10.8. The van der Waals surface area contributed by atoms with Gasteiger partial charge in [-0.25, -0.2) is 9.97 Å². The standard InChI is InChI=1S/C19H28N2O4.C15H18N4S2/c1-3-15(11-17-5-4-10-21(17)14-22)12-19(20-23)25-13-16-6-8-18(24-2)9-7-16;1-10-5-6-14(17-7-10)18-9-20-8-13(16-4)15-11(2)19-12(3)21-15/h6-9,14-15,17,23H,3-5,10-13H2,1-2H3;5-8H,4,9H2,1-3H3,(H,17,18)/b20-19+;13-8-/t15-,17-;/m1./s1. The number of thioether (sulfide) groups is 1. The molecule has 10 nitrogen and oxygen atoms in total. The van der Waals surface area contributed by atoms with Gasteiger partial charge >= 0.3 is 0 Å². The van der Waals surface area contributed by atoms with E-state index in [0.29, 0.717) is 30.9 Å². The van der Waals surface area contributed by atoms with E-state index < -0.39 is 0 Å². The van der Waals surface area contributed by atoms with E-state index >= 15 is 0 Å². The number of methoxy groups -OCH3 is 1. The lowest BCUT2D eigenvalue weighted by molar-refractivity contribution is -0.119. The average molecular weight is 667 g/mol. The van der Waals surface area contributed by atoms with Crippen LogP contribution in [0.4, 0.5) is 5.82 Å². The number of aromatic nitrogens is 2. The second-order valence-corrected chi connectivity index (χ2v) is 13.1. The second-order valence-electron chi connectivity index (χ2n) is 11.0. The molecule has 0 radical (unpaired) electrons. The molecule has 1 aliphatic heterocycles. The first-order chi connectivity index (χ1) is 22.3. The minimum atomic E-state index is 0.295. The molecule has 0 saturated carbocycles. The molecular formula is C34H46N6O4S2. The van der Waals surface area contributed by atoms with Crippen LogP contribution in [0.2, 0.25) is 0 Å². The molecule has 2 aromatic heterocycles. The van der Waals surface area contributed by atoms with Gasteiger partial charge in [-0.3, -0.25) is 9.79 Å². The van der Waals surface area contributed by atoms with Crippen LogP contribution < -0.4 is 10.1 Å². The quantitative estimate of drug-likeness (QED) is 0.0322. The van der Waals surface area contributed by atoms with Crippen molar-refractivity contribution in [2.45, 2.75) is 72.4 Å². The number of oxime groups is 1. The number of anilines is 1. The summed E-state index contributed by atoms with van der Waals surface area (Å²) in [6, 6.07) is 11.9. The Balaban J connectivity index is 0.000000254. The first-order valence-corrected chi connectivity index (χ1v) is 17.2. The SMILES string of the molecule is C=N/C(=C\SCNc1ccc(C)cn1)c1sc(C)nc1C.CC[C@@H](C/C(=N\O)OCc1ccc(OC)cc1)C[C@H]1CCCN1C=O. The minimum absolute atomic E-state index is 0.295. The number of benzene rings is 1. The Labute approximate surface area is 281 Å². The predicted molar refractivity (Wildman–Crippen MR) is 190 cm³/mol. The fourth-order valence-electron chi connectivity index (χ4n) is 5.03. The number of aryl methyl sites for hydroxylation is 3. The lowest BCUT2D eigenvalue weighted by Crippen LogP contribution is -2.30. The Morgan fingerprint density at radius 3 is 2.63 bits per heavy atom. The molecular weight excluding hydrogens is 621 g/mol. The summed E-state index contributed by atoms with van der Waals surface area (Å²) >= 11 is 3.27. The van der Waals surface area contributed by atoms with Crippen LogP contribution in [0.5, 0.6) is 5.75 Å². The van der Waals surface area contributed by atoms with Crippen molar-refractivity contribution in [3.8, 4) is 5.75 Å². The molecule has 0 unspecified atom stereocenters. The number of thiazole rings is 1. The van der Waals surface area contributed by atoms with Gasteiger partial charge in [0.05, 0.1) is 34.3 Å². The highest BCUT2D eigenvalue weighted by Crippen LogP contribution is 2.29. The Morgan fingerprint density at radius 1 is 1.26 bits per heavy atom. The number of pyridine rings is 1. The molecule has 2 atom stereocenters. The van der Waals surface area contributed by atoms with Crippen molar-refractivity contribution in [3.05, 3.63) is 74.7 Å². The zero-order chi connectivity index (χ0) is 33.3. The monoisotopic (exact) mass is 666 g/mol. The summed E-state index contributed by atoms with van der Waals surface area (Å²) in [5.41, 5.74) is 4.02.